The molecule has 0 saturated heterocycles. The molecule has 2 aromatic heterocycles. The van der Waals surface area contributed by atoms with Crippen molar-refractivity contribution < 1.29 is 0 Å². The number of nitrogens with zero attached hydrogens (tertiary/aromatic N) is 3. The Kier molecular flexibility index (Phi) is 3.03. The van der Waals surface area contributed by atoms with Gasteiger partial charge in [0.25, 0.3) is 0 Å². The van der Waals surface area contributed by atoms with Crippen molar-refractivity contribution in [3.8, 4) is 0 Å². The van der Waals surface area contributed by atoms with Crippen LogP contribution in [0.25, 0.3) is 21.8 Å². The molecule has 0 fully saturated rings. The topological polar surface area (TPSA) is 29.0 Å². The van der Waals surface area contributed by atoms with Crippen molar-refractivity contribution in [1.29, 1.82) is 0 Å². The van der Waals surface area contributed by atoms with E-state index < -0.39 is 0 Å². The molecule has 19 heavy (non-hydrogen) atoms. The van der Waals surface area contributed by atoms with Gasteiger partial charge in [-0.05, 0) is 38.1 Å². The van der Waals surface area contributed by atoms with Gasteiger partial charge >= 0.3 is 0 Å². The maximum absolute atomic E-state index is 4.53. The van der Waals surface area contributed by atoms with Crippen LogP contribution in [0.4, 0.5) is 5.69 Å². The van der Waals surface area contributed by atoms with Crippen molar-refractivity contribution in [1.82, 2.24) is 9.97 Å². The minimum absolute atomic E-state index is 0.981. The monoisotopic (exact) mass is 251 g/mol. The molecule has 0 aliphatic carbocycles. The maximum Gasteiger partial charge on any atom is 0.0985 e. The summed E-state index contributed by atoms with van der Waals surface area (Å²) in [5, 5.41) is 2.33. The first-order valence-electron chi connectivity index (χ1n) is 6.72. The summed E-state index contributed by atoms with van der Waals surface area (Å²) in [6.45, 7) is 6.34. The molecule has 2 heterocycles. The minimum Gasteiger partial charge on any atom is -0.372 e. The van der Waals surface area contributed by atoms with Gasteiger partial charge in [-0.25, -0.2) is 0 Å². The molecule has 3 heteroatoms. The largest absolute Gasteiger partial charge is 0.372 e. The van der Waals surface area contributed by atoms with Crippen LogP contribution in [0.2, 0.25) is 0 Å². The number of benzene rings is 1. The van der Waals surface area contributed by atoms with Crippen LogP contribution in [0.15, 0.2) is 42.7 Å². The van der Waals surface area contributed by atoms with E-state index >= 15 is 0 Å². The molecule has 96 valence electrons. The van der Waals surface area contributed by atoms with Gasteiger partial charge in [0.1, 0.15) is 0 Å². The SMILES string of the molecule is CCN(CC)c1cc2cccnc2c2ncccc12. The van der Waals surface area contributed by atoms with Gasteiger partial charge in [-0.1, -0.05) is 6.07 Å². The Morgan fingerprint density at radius 3 is 2.37 bits per heavy atom. The second-order valence-electron chi connectivity index (χ2n) is 4.54. The van der Waals surface area contributed by atoms with Crippen molar-refractivity contribution >= 4 is 27.5 Å². The third kappa shape index (κ3) is 1.91. The van der Waals surface area contributed by atoms with Gasteiger partial charge in [0.05, 0.1) is 11.0 Å². The number of pyridine rings is 2. The van der Waals surface area contributed by atoms with E-state index in [0.29, 0.717) is 0 Å². The van der Waals surface area contributed by atoms with E-state index in [-0.39, 0.29) is 0 Å². The molecule has 0 atom stereocenters. The smallest absolute Gasteiger partial charge is 0.0985 e. The third-order valence-corrected chi connectivity index (χ3v) is 3.54. The fourth-order valence-electron chi connectivity index (χ4n) is 2.58. The van der Waals surface area contributed by atoms with Crippen LogP contribution < -0.4 is 4.90 Å². The second-order valence-corrected chi connectivity index (χ2v) is 4.54. The highest BCUT2D eigenvalue weighted by atomic mass is 15.1. The van der Waals surface area contributed by atoms with Gasteiger partial charge in [-0.15, -0.1) is 0 Å². The van der Waals surface area contributed by atoms with Crippen molar-refractivity contribution in [3.05, 3.63) is 42.7 Å². The standard InChI is InChI=1S/C16H17N3/c1-3-19(4-2)14-11-12-7-5-9-17-15(12)16-13(14)8-6-10-18-16/h5-11H,3-4H2,1-2H3. The highest BCUT2D eigenvalue weighted by Gasteiger charge is 2.11. The molecule has 0 unspecified atom stereocenters. The van der Waals surface area contributed by atoms with E-state index in [1.54, 1.807) is 0 Å². The first-order valence-corrected chi connectivity index (χ1v) is 6.72. The average molecular weight is 251 g/mol. The van der Waals surface area contributed by atoms with Crippen molar-refractivity contribution in [2.24, 2.45) is 0 Å². The Hall–Kier alpha value is -2.16. The lowest BCUT2D eigenvalue weighted by Crippen LogP contribution is -2.22. The summed E-state index contributed by atoms with van der Waals surface area (Å²) in [5.74, 6) is 0. The van der Waals surface area contributed by atoms with Gasteiger partial charge < -0.3 is 4.90 Å². The summed E-state index contributed by atoms with van der Waals surface area (Å²) in [7, 11) is 0. The van der Waals surface area contributed by atoms with Crippen LogP contribution in [-0.4, -0.2) is 23.1 Å². The number of aromatic nitrogens is 2. The molecular formula is C16H17N3. The van der Waals surface area contributed by atoms with Crippen LogP contribution >= 0.6 is 0 Å². The molecule has 0 bridgehead atoms. The van der Waals surface area contributed by atoms with Crippen LogP contribution in [0.5, 0.6) is 0 Å². The second kappa shape index (κ2) is 4.84. The number of hydrogen-bond acceptors (Lipinski definition) is 3. The number of fused-ring (bicyclic) bond motifs is 3. The molecule has 0 aliphatic rings. The van der Waals surface area contributed by atoms with Crippen molar-refractivity contribution in [2.75, 3.05) is 18.0 Å². The summed E-state index contributed by atoms with van der Waals surface area (Å²) >= 11 is 0. The van der Waals surface area contributed by atoms with Crippen LogP contribution in [0, 0.1) is 0 Å². The van der Waals surface area contributed by atoms with E-state index in [0.717, 1.165) is 29.5 Å². The molecule has 0 amide bonds. The van der Waals surface area contributed by atoms with E-state index in [9.17, 15) is 0 Å². The fraction of sp³-hybridized carbons (Fsp3) is 0.250. The summed E-state index contributed by atoms with van der Waals surface area (Å²) in [6.07, 6.45) is 3.66. The maximum atomic E-state index is 4.53. The van der Waals surface area contributed by atoms with Gasteiger partial charge in [0.15, 0.2) is 0 Å². The quantitative estimate of drug-likeness (QED) is 0.666. The Balaban J connectivity index is 2.42. The molecule has 0 spiro atoms. The van der Waals surface area contributed by atoms with Crippen LogP contribution in [0.1, 0.15) is 13.8 Å². The molecule has 0 saturated carbocycles. The molecule has 1 aromatic carbocycles. The van der Waals surface area contributed by atoms with Crippen LogP contribution in [0.3, 0.4) is 0 Å². The number of anilines is 1. The molecule has 0 N–H and O–H groups in total. The lowest BCUT2D eigenvalue weighted by atomic mass is 10.1. The average Bonchev–Trinajstić information content (AvgIpc) is 2.48. The highest BCUT2D eigenvalue weighted by Crippen LogP contribution is 2.31. The molecule has 0 radical (unpaired) electrons. The normalized spacial score (nSPS) is 11.1. The van der Waals surface area contributed by atoms with Gasteiger partial charge in [-0.3, -0.25) is 9.97 Å². The fourth-order valence-corrected chi connectivity index (χ4v) is 2.58. The van der Waals surface area contributed by atoms with E-state index in [2.05, 4.69) is 46.9 Å². The number of rotatable bonds is 3. The van der Waals surface area contributed by atoms with Gasteiger partial charge in [0, 0.05) is 41.9 Å². The van der Waals surface area contributed by atoms with Crippen LogP contribution in [-0.2, 0) is 0 Å². The van der Waals surface area contributed by atoms with E-state index in [1.165, 1.54) is 11.1 Å². The first kappa shape index (κ1) is 11.9. The Labute approximate surface area is 112 Å². The van der Waals surface area contributed by atoms with E-state index in [1.807, 2.05) is 24.5 Å². The molecule has 0 aliphatic heterocycles. The molecule has 3 rings (SSSR count). The van der Waals surface area contributed by atoms with E-state index in [4.69, 9.17) is 0 Å². The van der Waals surface area contributed by atoms with Crippen molar-refractivity contribution in [3.63, 3.8) is 0 Å². The van der Waals surface area contributed by atoms with Gasteiger partial charge in [-0.2, -0.15) is 0 Å². The third-order valence-electron chi connectivity index (χ3n) is 3.54. The number of hydrogen-bond donors (Lipinski definition) is 0. The Morgan fingerprint density at radius 2 is 1.63 bits per heavy atom. The summed E-state index contributed by atoms with van der Waals surface area (Å²) in [6, 6.07) is 10.4. The zero-order valence-corrected chi connectivity index (χ0v) is 11.3. The molecule has 3 nitrogen and oxygen atoms in total. The zero-order valence-electron chi connectivity index (χ0n) is 11.3. The summed E-state index contributed by atoms with van der Waals surface area (Å²) in [4.78, 5) is 11.4. The lowest BCUT2D eigenvalue weighted by molar-refractivity contribution is 0.871. The first-order chi connectivity index (χ1) is 9.35. The minimum atomic E-state index is 0.981. The lowest BCUT2D eigenvalue weighted by Gasteiger charge is -2.23. The van der Waals surface area contributed by atoms with Gasteiger partial charge in [0.2, 0.25) is 0 Å². The molecular weight excluding hydrogens is 234 g/mol. The molecule has 3 aromatic rings. The highest BCUT2D eigenvalue weighted by molar-refractivity contribution is 6.09. The summed E-state index contributed by atoms with van der Waals surface area (Å²) < 4.78 is 0. The Bertz CT molecular complexity index is 717. The Morgan fingerprint density at radius 1 is 0.947 bits per heavy atom. The predicted molar refractivity (Wildman–Crippen MR) is 80.6 cm³/mol. The zero-order chi connectivity index (χ0) is 13.2. The predicted octanol–water partition coefficient (Wildman–Crippen LogP) is 3.63. The summed E-state index contributed by atoms with van der Waals surface area (Å²) in [5.41, 5.74) is 3.21. The van der Waals surface area contributed by atoms with Crippen molar-refractivity contribution in [2.45, 2.75) is 13.8 Å².